The van der Waals surface area contributed by atoms with Crippen molar-refractivity contribution in [1.82, 2.24) is 5.43 Å². The van der Waals surface area contributed by atoms with Crippen LogP contribution in [0.2, 0.25) is 0 Å². The van der Waals surface area contributed by atoms with Crippen molar-refractivity contribution in [3.63, 3.8) is 0 Å². The Morgan fingerprint density at radius 1 is 0.833 bits per heavy atom. The molecule has 0 saturated carbocycles. The van der Waals surface area contributed by atoms with Crippen LogP contribution in [-0.4, -0.2) is 42.2 Å². The molecule has 0 heterocycles. The highest BCUT2D eigenvalue weighted by Crippen LogP contribution is 2.28. The number of non-ortho nitro benzene ring substituents is 2. The summed E-state index contributed by atoms with van der Waals surface area (Å²) in [5.74, 6) is -0.400. The fraction of sp³-hybridized carbons (Fsp3) is 0.0870. The highest BCUT2D eigenvalue weighted by molar-refractivity contribution is 5.96. The first-order valence-corrected chi connectivity index (χ1v) is 10.0. The molecule has 3 aromatic carbocycles. The molecule has 36 heavy (non-hydrogen) atoms. The number of hydrogen-bond acceptors (Lipinski definition) is 10. The van der Waals surface area contributed by atoms with Gasteiger partial charge in [0.1, 0.15) is 5.75 Å². The van der Waals surface area contributed by atoms with Crippen LogP contribution < -0.4 is 19.6 Å². The maximum absolute atomic E-state index is 12.4. The van der Waals surface area contributed by atoms with Crippen molar-refractivity contribution in [3.05, 3.63) is 97.6 Å². The van der Waals surface area contributed by atoms with E-state index < -0.39 is 33.1 Å². The van der Waals surface area contributed by atoms with Crippen molar-refractivity contribution in [3.8, 4) is 17.2 Å². The van der Waals surface area contributed by atoms with Crippen LogP contribution in [0.3, 0.4) is 0 Å². The topological polar surface area (TPSA) is 173 Å². The van der Waals surface area contributed by atoms with Crippen molar-refractivity contribution in [1.29, 1.82) is 0 Å². The number of ether oxygens (including phenoxy) is 3. The zero-order chi connectivity index (χ0) is 26.2. The monoisotopic (exact) mass is 494 g/mol. The van der Waals surface area contributed by atoms with Crippen LogP contribution in [0.25, 0.3) is 0 Å². The molecule has 1 N–H and O–H groups in total. The molecule has 0 aromatic heterocycles. The van der Waals surface area contributed by atoms with E-state index >= 15 is 0 Å². The van der Waals surface area contributed by atoms with Crippen LogP contribution in [-0.2, 0) is 0 Å². The van der Waals surface area contributed by atoms with Crippen molar-refractivity contribution in [2.45, 2.75) is 0 Å². The zero-order valence-electron chi connectivity index (χ0n) is 18.9. The third kappa shape index (κ3) is 6.17. The van der Waals surface area contributed by atoms with Crippen LogP contribution in [0.15, 0.2) is 65.8 Å². The summed E-state index contributed by atoms with van der Waals surface area (Å²) in [6.45, 7) is 0. The molecule has 0 unspecified atom stereocenters. The Balaban J connectivity index is 1.64. The first-order valence-electron chi connectivity index (χ1n) is 10.0. The Hall–Kier alpha value is -5.33. The number of benzene rings is 3. The summed E-state index contributed by atoms with van der Waals surface area (Å²) in [7, 11) is 2.93. The van der Waals surface area contributed by atoms with Crippen LogP contribution in [0.4, 0.5) is 11.4 Å². The Bertz CT molecular complexity index is 1320. The number of hydrazone groups is 1. The molecular weight excluding hydrogens is 476 g/mol. The second-order valence-electron chi connectivity index (χ2n) is 6.98. The summed E-state index contributed by atoms with van der Waals surface area (Å²) >= 11 is 0. The third-order valence-electron chi connectivity index (χ3n) is 4.68. The maximum Gasteiger partial charge on any atom is 0.343 e. The number of nitrogens with zero attached hydrogens (tertiary/aromatic N) is 3. The second-order valence-corrected chi connectivity index (χ2v) is 6.98. The van der Waals surface area contributed by atoms with E-state index in [2.05, 4.69) is 10.5 Å². The molecule has 3 rings (SSSR count). The number of nitro groups is 2. The summed E-state index contributed by atoms with van der Waals surface area (Å²) in [5.41, 5.74) is 1.42. The zero-order valence-corrected chi connectivity index (χ0v) is 18.9. The minimum Gasteiger partial charge on any atom is -0.493 e. The largest absolute Gasteiger partial charge is 0.493 e. The predicted octanol–water partition coefficient (Wildman–Crippen LogP) is 3.50. The lowest BCUT2D eigenvalue weighted by Gasteiger charge is -2.09. The Labute approximate surface area is 203 Å². The average molecular weight is 494 g/mol. The van der Waals surface area contributed by atoms with Gasteiger partial charge in [-0.2, -0.15) is 5.10 Å². The van der Waals surface area contributed by atoms with Crippen molar-refractivity contribution >= 4 is 29.5 Å². The lowest BCUT2D eigenvalue weighted by atomic mass is 10.1. The van der Waals surface area contributed by atoms with Gasteiger partial charge in [0, 0.05) is 12.1 Å². The lowest BCUT2D eigenvalue weighted by Crippen LogP contribution is -2.18. The van der Waals surface area contributed by atoms with Gasteiger partial charge >= 0.3 is 5.97 Å². The molecule has 13 heteroatoms. The first-order chi connectivity index (χ1) is 17.2. The fourth-order valence-corrected chi connectivity index (χ4v) is 2.92. The lowest BCUT2D eigenvalue weighted by molar-refractivity contribution is -0.394. The van der Waals surface area contributed by atoms with E-state index in [9.17, 15) is 29.8 Å². The van der Waals surface area contributed by atoms with Crippen LogP contribution in [0.1, 0.15) is 26.3 Å². The van der Waals surface area contributed by atoms with Gasteiger partial charge in [-0.25, -0.2) is 10.2 Å². The summed E-state index contributed by atoms with van der Waals surface area (Å²) in [5, 5.41) is 25.7. The van der Waals surface area contributed by atoms with E-state index in [0.717, 1.165) is 18.2 Å². The smallest absolute Gasteiger partial charge is 0.343 e. The van der Waals surface area contributed by atoms with E-state index in [1.165, 1.54) is 44.7 Å². The van der Waals surface area contributed by atoms with Gasteiger partial charge in [-0.3, -0.25) is 25.0 Å². The quantitative estimate of drug-likeness (QED) is 0.153. The van der Waals surface area contributed by atoms with Gasteiger partial charge in [0.2, 0.25) is 0 Å². The van der Waals surface area contributed by atoms with Crippen molar-refractivity contribution in [2.75, 3.05) is 14.2 Å². The Morgan fingerprint density at radius 3 is 2.00 bits per heavy atom. The summed E-state index contributed by atoms with van der Waals surface area (Å²) in [6.07, 6.45) is 1.27. The number of carbonyl (C=O) groups is 2. The standard InChI is InChI=1S/C23H18N4O9/c1-34-20-8-5-15(11-21(20)35-2)23(29)36-19-6-3-14(4-7-19)13-24-25-22(28)16-9-17(26(30)31)12-18(10-16)27(32)33/h3-13H,1-2H3,(H,25,28). The molecular formula is C23H18N4O9. The third-order valence-corrected chi connectivity index (χ3v) is 4.68. The van der Waals surface area contributed by atoms with Gasteiger partial charge in [0.15, 0.2) is 11.5 Å². The number of hydrogen-bond donors (Lipinski definition) is 1. The Morgan fingerprint density at radius 2 is 1.44 bits per heavy atom. The van der Waals surface area contributed by atoms with Crippen LogP contribution >= 0.6 is 0 Å². The van der Waals surface area contributed by atoms with E-state index in [-0.39, 0.29) is 16.9 Å². The molecule has 0 aliphatic carbocycles. The first kappa shape index (κ1) is 25.3. The summed E-state index contributed by atoms with van der Waals surface area (Å²) in [4.78, 5) is 44.9. The van der Waals surface area contributed by atoms with E-state index in [1.54, 1.807) is 18.2 Å². The molecule has 0 radical (unpaired) electrons. The van der Waals surface area contributed by atoms with E-state index in [1.807, 2.05) is 0 Å². The number of carbonyl (C=O) groups excluding carboxylic acids is 2. The highest BCUT2D eigenvalue weighted by Gasteiger charge is 2.19. The van der Waals surface area contributed by atoms with Gasteiger partial charge in [0.25, 0.3) is 17.3 Å². The molecule has 13 nitrogen and oxygen atoms in total. The molecule has 0 fully saturated rings. The van der Waals surface area contributed by atoms with Gasteiger partial charge in [-0.15, -0.1) is 0 Å². The molecule has 1 amide bonds. The van der Waals surface area contributed by atoms with Gasteiger partial charge in [-0.05, 0) is 48.0 Å². The van der Waals surface area contributed by atoms with E-state index in [4.69, 9.17) is 14.2 Å². The summed E-state index contributed by atoms with van der Waals surface area (Å²) in [6, 6.07) is 13.3. The maximum atomic E-state index is 12.4. The molecule has 0 aliphatic heterocycles. The number of nitro benzene ring substituents is 2. The predicted molar refractivity (Wildman–Crippen MR) is 126 cm³/mol. The number of esters is 1. The molecule has 3 aromatic rings. The number of methoxy groups -OCH3 is 2. The molecule has 184 valence electrons. The average Bonchev–Trinajstić information content (AvgIpc) is 2.88. The number of nitrogens with one attached hydrogen (secondary N) is 1. The van der Waals surface area contributed by atoms with Crippen LogP contribution in [0, 0.1) is 20.2 Å². The SMILES string of the molecule is COc1ccc(C(=O)Oc2ccc(C=NNC(=O)c3cc([N+](=O)[O-])cc([N+](=O)[O-])c3)cc2)cc1OC. The normalized spacial score (nSPS) is 10.5. The molecule has 0 saturated heterocycles. The van der Waals surface area contributed by atoms with Gasteiger partial charge < -0.3 is 14.2 Å². The summed E-state index contributed by atoms with van der Waals surface area (Å²) < 4.78 is 15.6. The van der Waals surface area contributed by atoms with Crippen molar-refractivity contribution < 1.29 is 33.6 Å². The Kier molecular flexibility index (Phi) is 7.87. The second kappa shape index (κ2) is 11.2. The molecule has 0 spiro atoms. The molecule has 0 aliphatic rings. The van der Waals surface area contributed by atoms with Crippen molar-refractivity contribution in [2.24, 2.45) is 5.10 Å². The molecule has 0 atom stereocenters. The molecule has 0 bridgehead atoms. The minimum absolute atomic E-state index is 0.250. The fourth-order valence-electron chi connectivity index (χ4n) is 2.92. The van der Waals surface area contributed by atoms with Gasteiger partial charge in [-0.1, -0.05) is 0 Å². The number of amides is 1. The highest BCUT2D eigenvalue weighted by atomic mass is 16.6. The van der Waals surface area contributed by atoms with Gasteiger partial charge in [0.05, 0.1) is 47.5 Å². The van der Waals surface area contributed by atoms with Crippen LogP contribution in [0.5, 0.6) is 17.2 Å². The minimum atomic E-state index is -0.876. The van der Waals surface area contributed by atoms with E-state index in [0.29, 0.717) is 17.1 Å². The number of rotatable bonds is 9.